The number of hydrogen-bond acceptors (Lipinski definition) is 5. The fourth-order valence-corrected chi connectivity index (χ4v) is 3.49. The van der Waals surface area contributed by atoms with Gasteiger partial charge in [-0.3, -0.25) is 4.79 Å². The second-order valence-electron chi connectivity index (χ2n) is 7.03. The van der Waals surface area contributed by atoms with Crippen LogP contribution in [0.25, 0.3) is 0 Å². The van der Waals surface area contributed by atoms with Crippen LogP contribution in [0.2, 0.25) is 0 Å². The summed E-state index contributed by atoms with van der Waals surface area (Å²) in [6.07, 6.45) is 9.31. The van der Waals surface area contributed by atoms with Crippen LogP contribution < -0.4 is 14.8 Å². The van der Waals surface area contributed by atoms with Gasteiger partial charge in [-0.1, -0.05) is 25.3 Å². The van der Waals surface area contributed by atoms with E-state index in [1.54, 1.807) is 42.7 Å². The van der Waals surface area contributed by atoms with Crippen LogP contribution in [0.3, 0.4) is 0 Å². The van der Waals surface area contributed by atoms with Crippen molar-refractivity contribution in [3.05, 3.63) is 60.9 Å². The third-order valence-electron chi connectivity index (χ3n) is 4.91. The van der Waals surface area contributed by atoms with Crippen molar-refractivity contribution in [1.29, 1.82) is 0 Å². The third-order valence-corrected chi connectivity index (χ3v) is 4.91. The third kappa shape index (κ3) is 5.13. The number of rotatable bonds is 7. The van der Waals surface area contributed by atoms with E-state index >= 15 is 0 Å². The predicted molar refractivity (Wildman–Crippen MR) is 109 cm³/mol. The molecule has 0 radical (unpaired) electrons. The first-order valence-corrected chi connectivity index (χ1v) is 9.93. The summed E-state index contributed by atoms with van der Waals surface area (Å²) < 4.78 is 13.2. The largest absolute Gasteiger partial charge is 0.484 e. The average Bonchev–Trinajstić information content (AvgIpc) is 3.23. The highest BCUT2D eigenvalue weighted by Crippen LogP contribution is 2.30. The van der Waals surface area contributed by atoms with E-state index in [-0.39, 0.29) is 12.5 Å². The standard InChI is InChI=1S/C22H24N4O3/c27-21(25-20-13-15-24-26(20)17-6-2-1-3-7-17)16-28-18-9-11-19(12-10-18)29-22-8-4-5-14-23-22/h4-5,8-15,17H,1-3,6-7,16H2,(H,25,27). The zero-order chi connectivity index (χ0) is 19.9. The first-order valence-electron chi connectivity index (χ1n) is 9.93. The second-order valence-corrected chi connectivity index (χ2v) is 7.03. The van der Waals surface area contributed by atoms with Crippen molar-refractivity contribution >= 4 is 11.7 Å². The van der Waals surface area contributed by atoms with E-state index < -0.39 is 0 Å². The molecule has 150 valence electrons. The van der Waals surface area contributed by atoms with E-state index in [0.717, 1.165) is 18.7 Å². The maximum absolute atomic E-state index is 12.3. The minimum absolute atomic E-state index is 0.0731. The van der Waals surface area contributed by atoms with E-state index in [2.05, 4.69) is 15.4 Å². The van der Waals surface area contributed by atoms with E-state index in [1.165, 1.54) is 19.3 Å². The molecule has 0 bridgehead atoms. The van der Waals surface area contributed by atoms with Gasteiger partial charge < -0.3 is 14.8 Å². The van der Waals surface area contributed by atoms with Gasteiger partial charge in [0.25, 0.3) is 5.91 Å². The molecular weight excluding hydrogens is 368 g/mol. The van der Waals surface area contributed by atoms with Crippen LogP contribution in [0, 0.1) is 0 Å². The molecule has 0 aliphatic heterocycles. The van der Waals surface area contributed by atoms with E-state index in [9.17, 15) is 4.79 Å². The minimum atomic E-state index is -0.212. The summed E-state index contributed by atoms with van der Waals surface area (Å²) in [7, 11) is 0. The van der Waals surface area contributed by atoms with Crippen molar-refractivity contribution in [2.45, 2.75) is 38.1 Å². The smallest absolute Gasteiger partial charge is 0.263 e. The van der Waals surface area contributed by atoms with Gasteiger partial charge >= 0.3 is 0 Å². The van der Waals surface area contributed by atoms with Crippen molar-refractivity contribution < 1.29 is 14.3 Å². The quantitative estimate of drug-likeness (QED) is 0.636. The van der Waals surface area contributed by atoms with Crippen molar-refractivity contribution in [3.63, 3.8) is 0 Å². The summed E-state index contributed by atoms with van der Waals surface area (Å²) >= 11 is 0. The zero-order valence-electron chi connectivity index (χ0n) is 16.2. The summed E-state index contributed by atoms with van der Waals surface area (Å²) in [6.45, 7) is -0.0731. The number of carbonyl (C=O) groups is 1. The lowest BCUT2D eigenvalue weighted by molar-refractivity contribution is -0.118. The molecule has 2 aromatic heterocycles. The summed E-state index contributed by atoms with van der Waals surface area (Å²) in [5.41, 5.74) is 0. The monoisotopic (exact) mass is 392 g/mol. The maximum Gasteiger partial charge on any atom is 0.263 e. The number of benzene rings is 1. The summed E-state index contributed by atoms with van der Waals surface area (Å²) in [6, 6.07) is 14.7. The topological polar surface area (TPSA) is 78.3 Å². The fourth-order valence-electron chi connectivity index (χ4n) is 3.49. The van der Waals surface area contributed by atoms with Gasteiger partial charge in [-0.2, -0.15) is 5.10 Å². The Morgan fingerprint density at radius 3 is 2.55 bits per heavy atom. The zero-order valence-corrected chi connectivity index (χ0v) is 16.2. The fraction of sp³-hybridized carbons (Fsp3) is 0.318. The molecule has 1 saturated carbocycles. The predicted octanol–water partition coefficient (Wildman–Crippen LogP) is 4.59. The van der Waals surface area contributed by atoms with Gasteiger partial charge in [0.05, 0.1) is 12.2 Å². The van der Waals surface area contributed by atoms with Crippen molar-refractivity contribution in [1.82, 2.24) is 14.8 Å². The van der Waals surface area contributed by atoms with Gasteiger partial charge in [-0.25, -0.2) is 9.67 Å². The number of carbonyl (C=O) groups excluding carboxylic acids is 1. The normalized spacial score (nSPS) is 14.3. The lowest BCUT2D eigenvalue weighted by atomic mass is 9.96. The number of hydrogen-bond donors (Lipinski definition) is 1. The average molecular weight is 392 g/mol. The Kier molecular flexibility index (Phi) is 6.04. The van der Waals surface area contributed by atoms with Crippen LogP contribution in [0.15, 0.2) is 60.9 Å². The van der Waals surface area contributed by atoms with E-state index in [0.29, 0.717) is 23.4 Å². The van der Waals surface area contributed by atoms with Gasteiger partial charge in [0.1, 0.15) is 17.3 Å². The van der Waals surface area contributed by atoms with Gasteiger partial charge in [-0.15, -0.1) is 0 Å². The lowest BCUT2D eigenvalue weighted by Crippen LogP contribution is -2.24. The van der Waals surface area contributed by atoms with Crippen LogP contribution in [-0.2, 0) is 4.79 Å². The molecule has 7 heteroatoms. The maximum atomic E-state index is 12.3. The molecule has 3 aromatic rings. The summed E-state index contributed by atoms with van der Waals surface area (Å²) in [5, 5.41) is 7.30. The highest BCUT2D eigenvalue weighted by molar-refractivity contribution is 5.91. The van der Waals surface area contributed by atoms with E-state index in [4.69, 9.17) is 9.47 Å². The van der Waals surface area contributed by atoms with Crippen LogP contribution in [0.1, 0.15) is 38.1 Å². The Bertz CT molecular complexity index is 919. The van der Waals surface area contributed by atoms with E-state index in [1.807, 2.05) is 22.9 Å². The molecule has 0 spiro atoms. The molecular formula is C22H24N4O3. The van der Waals surface area contributed by atoms with Crippen molar-refractivity contribution in [3.8, 4) is 17.4 Å². The van der Waals surface area contributed by atoms with Gasteiger partial charge in [0.2, 0.25) is 5.88 Å². The number of aromatic nitrogens is 3. The molecule has 1 aromatic carbocycles. The molecule has 7 nitrogen and oxygen atoms in total. The summed E-state index contributed by atoms with van der Waals surface area (Å²) in [4.78, 5) is 16.4. The highest BCUT2D eigenvalue weighted by Gasteiger charge is 2.19. The van der Waals surface area contributed by atoms with Crippen LogP contribution in [-0.4, -0.2) is 27.3 Å². The number of amides is 1. The molecule has 29 heavy (non-hydrogen) atoms. The minimum Gasteiger partial charge on any atom is -0.484 e. The number of nitrogens with zero attached hydrogens (tertiary/aromatic N) is 3. The Morgan fingerprint density at radius 1 is 1.00 bits per heavy atom. The first kappa shape index (κ1) is 19.0. The number of pyridine rings is 1. The highest BCUT2D eigenvalue weighted by atomic mass is 16.5. The SMILES string of the molecule is O=C(COc1ccc(Oc2ccccn2)cc1)Nc1ccnn1C1CCCCC1. The van der Waals surface area contributed by atoms with Crippen LogP contribution in [0.4, 0.5) is 5.82 Å². The molecule has 2 heterocycles. The Hall–Kier alpha value is -3.35. The summed E-state index contributed by atoms with van der Waals surface area (Å²) in [5.74, 6) is 2.28. The molecule has 4 rings (SSSR count). The molecule has 1 aliphatic carbocycles. The number of nitrogens with one attached hydrogen (secondary N) is 1. The van der Waals surface area contributed by atoms with Crippen molar-refractivity contribution in [2.24, 2.45) is 0 Å². The molecule has 0 unspecified atom stereocenters. The van der Waals surface area contributed by atoms with Crippen LogP contribution in [0.5, 0.6) is 17.4 Å². The molecule has 1 amide bonds. The number of anilines is 1. The van der Waals surface area contributed by atoms with Crippen LogP contribution >= 0.6 is 0 Å². The molecule has 0 atom stereocenters. The lowest BCUT2D eigenvalue weighted by Gasteiger charge is -2.23. The molecule has 1 N–H and O–H groups in total. The second kappa shape index (κ2) is 9.23. The molecule has 1 fully saturated rings. The molecule has 1 aliphatic rings. The van der Waals surface area contributed by atoms with Crippen molar-refractivity contribution in [2.75, 3.05) is 11.9 Å². The first-order chi connectivity index (χ1) is 14.3. The molecule has 0 saturated heterocycles. The van der Waals surface area contributed by atoms with Gasteiger partial charge in [-0.05, 0) is 43.2 Å². The Labute approximate surface area is 169 Å². The van der Waals surface area contributed by atoms with Gasteiger partial charge in [0.15, 0.2) is 6.61 Å². The Morgan fingerprint density at radius 2 is 1.79 bits per heavy atom. The number of ether oxygens (including phenoxy) is 2. The Balaban J connectivity index is 1.28. The van der Waals surface area contributed by atoms with Gasteiger partial charge in [0, 0.05) is 18.3 Å².